The van der Waals surface area contributed by atoms with Crippen molar-refractivity contribution < 1.29 is 9.90 Å². The molecule has 2 heteroatoms. The van der Waals surface area contributed by atoms with Crippen molar-refractivity contribution in [2.75, 3.05) is 0 Å². The Morgan fingerprint density at radius 1 is 0.600 bits per heavy atom. The van der Waals surface area contributed by atoms with Crippen LogP contribution in [0.15, 0.2) is 60.8 Å². The van der Waals surface area contributed by atoms with E-state index in [0.717, 1.165) is 38.5 Å². The fraction of sp³-hybridized carbons (Fsp3) is 0.607. The van der Waals surface area contributed by atoms with Crippen LogP contribution in [-0.4, -0.2) is 11.1 Å². The Bertz CT molecular complexity index is 523. The predicted octanol–water partition coefficient (Wildman–Crippen LogP) is 8.97. The maximum absolute atomic E-state index is 11.1. The van der Waals surface area contributed by atoms with Crippen LogP contribution in [0.5, 0.6) is 0 Å². The molecule has 1 atom stereocenters. The van der Waals surface area contributed by atoms with Crippen LogP contribution in [0.25, 0.3) is 0 Å². The maximum Gasteiger partial charge on any atom is 0.306 e. The van der Waals surface area contributed by atoms with Crippen LogP contribution in [0.4, 0.5) is 0 Å². The summed E-state index contributed by atoms with van der Waals surface area (Å²) in [5.74, 6) is -0.825. The number of hydrogen-bond donors (Lipinski definition) is 1. The zero-order valence-electron chi connectivity index (χ0n) is 19.6. The molecule has 1 N–H and O–H groups in total. The van der Waals surface area contributed by atoms with Gasteiger partial charge < -0.3 is 5.11 Å². The van der Waals surface area contributed by atoms with Crippen LogP contribution in [0.2, 0.25) is 0 Å². The zero-order valence-corrected chi connectivity index (χ0v) is 19.6. The van der Waals surface area contributed by atoms with Crippen LogP contribution in [0.1, 0.15) is 104 Å². The first-order chi connectivity index (χ1) is 14.7. The van der Waals surface area contributed by atoms with E-state index >= 15 is 0 Å². The van der Waals surface area contributed by atoms with E-state index < -0.39 is 5.97 Å². The highest BCUT2D eigenvalue weighted by molar-refractivity contribution is 5.69. The van der Waals surface area contributed by atoms with Crippen molar-refractivity contribution in [1.82, 2.24) is 0 Å². The molecular weight excluding hydrogens is 368 g/mol. The number of allylic oxidation sites excluding steroid dienone is 10. The van der Waals surface area contributed by atoms with Crippen molar-refractivity contribution in [1.29, 1.82) is 0 Å². The van der Waals surface area contributed by atoms with Gasteiger partial charge in [-0.05, 0) is 64.2 Å². The third-order valence-electron chi connectivity index (χ3n) is 5.12. The van der Waals surface area contributed by atoms with Crippen LogP contribution in [0, 0.1) is 5.92 Å². The Morgan fingerprint density at radius 3 is 1.63 bits per heavy atom. The summed E-state index contributed by atoms with van der Waals surface area (Å²) in [6, 6.07) is 0. The molecule has 0 aromatic carbocycles. The maximum atomic E-state index is 11.1. The molecule has 1 unspecified atom stereocenters. The van der Waals surface area contributed by atoms with Gasteiger partial charge in [0.2, 0.25) is 0 Å². The molecule has 0 spiro atoms. The molecule has 170 valence electrons. The van der Waals surface area contributed by atoms with Gasteiger partial charge in [0.05, 0.1) is 5.92 Å². The molecule has 0 saturated carbocycles. The summed E-state index contributed by atoms with van der Waals surface area (Å²) in [6.07, 6.45) is 37.3. The second kappa shape index (κ2) is 23.4. The third kappa shape index (κ3) is 20.9. The first-order valence-corrected chi connectivity index (χ1v) is 12.2. The molecule has 0 aliphatic heterocycles. The molecule has 0 saturated heterocycles. The number of rotatable bonds is 20. The molecule has 0 aromatic rings. The van der Waals surface area contributed by atoms with Crippen LogP contribution in [0.3, 0.4) is 0 Å². The lowest BCUT2D eigenvalue weighted by Gasteiger charge is -2.09. The normalized spacial score (nSPS) is 13.7. The summed E-state index contributed by atoms with van der Waals surface area (Å²) >= 11 is 0. The SMILES string of the molecule is CCCCCCC=CCCCCC=CC=CC=CC=CCCCC(CCC)C(=O)O. The topological polar surface area (TPSA) is 37.3 Å². The fourth-order valence-corrected chi connectivity index (χ4v) is 3.28. The summed E-state index contributed by atoms with van der Waals surface area (Å²) < 4.78 is 0. The molecule has 30 heavy (non-hydrogen) atoms. The van der Waals surface area contributed by atoms with Crippen LogP contribution in [-0.2, 0) is 4.79 Å². The van der Waals surface area contributed by atoms with E-state index in [2.05, 4.69) is 43.4 Å². The summed E-state index contributed by atoms with van der Waals surface area (Å²) in [5.41, 5.74) is 0. The van der Waals surface area contributed by atoms with Gasteiger partial charge in [0.25, 0.3) is 0 Å². The molecule has 0 amide bonds. The van der Waals surface area contributed by atoms with Crippen LogP contribution < -0.4 is 0 Å². The number of unbranched alkanes of at least 4 members (excludes halogenated alkanes) is 8. The third-order valence-corrected chi connectivity index (χ3v) is 5.12. The lowest BCUT2D eigenvalue weighted by Crippen LogP contribution is -2.13. The Labute approximate surface area is 186 Å². The highest BCUT2D eigenvalue weighted by Crippen LogP contribution is 2.15. The minimum absolute atomic E-state index is 0.176. The lowest BCUT2D eigenvalue weighted by atomic mass is 9.97. The second-order valence-electron chi connectivity index (χ2n) is 7.99. The highest BCUT2D eigenvalue weighted by Gasteiger charge is 2.14. The molecule has 2 nitrogen and oxygen atoms in total. The van der Waals surface area contributed by atoms with Gasteiger partial charge in [-0.2, -0.15) is 0 Å². The average Bonchev–Trinajstić information content (AvgIpc) is 2.73. The van der Waals surface area contributed by atoms with Gasteiger partial charge in [0, 0.05) is 0 Å². The van der Waals surface area contributed by atoms with Crippen molar-refractivity contribution in [3.05, 3.63) is 60.8 Å². The van der Waals surface area contributed by atoms with E-state index in [0.29, 0.717) is 0 Å². The summed E-state index contributed by atoms with van der Waals surface area (Å²) in [4.78, 5) is 11.1. The molecule has 0 heterocycles. The quantitative estimate of drug-likeness (QED) is 0.123. The van der Waals surface area contributed by atoms with Gasteiger partial charge in [0.15, 0.2) is 0 Å². The summed E-state index contributed by atoms with van der Waals surface area (Å²) in [7, 11) is 0. The average molecular weight is 415 g/mol. The van der Waals surface area contributed by atoms with Crippen LogP contribution >= 0.6 is 0 Å². The predicted molar refractivity (Wildman–Crippen MR) is 133 cm³/mol. The second-order valence-corrected chi connectivity index (χ2v) is 7.99. The summed E-state index contributed by atoms with van der Waals surface area (Å²) in [5, 5.41) is 9.12. The zero-order chi connectivity index (χ0) is 22.1. The Hall–Kier alpha value is -1.83. The lowest BCUT2D eigenvalue weighted by molar-refractivity contribution is -0.142. The van der Waals surface area contributed by atoms with Crippen molar-refractivity contribution in [3.8, 4) is 0 Å². The molecule has 0 bridgehead atoms. The minimum Gasteiger partial charge on any atom is -0.481 e. The number of carbonyl (C=O) groups is 1. The van der Waals surface area contributed by atoms with E-state index in [-0.39, 0.29) is 5.92 Å². The molecule has 0 rings (SSSR count). The number of hydrogen-bond acceptors (Lipinski definition) is 1. The van der Waals surface area contributed by atoms with E-state index in [9.17, 15) is 4.79 Å². The van der Waals surface area contributed by atoms with Crippen molar-refractivity contribution >= 4 is 5.97 Å². The highest BCUT2D eigenvalue weighted by atomic mass is 16.4. The van der Waals surface area contributed by atoms with Gasteiger partial charge in [-0.15, -0.1) is 0 Å². The molecule has 0 aromatic heterocycles. The molecule has 0 radical (unpaired) electrons. The Morgan fingerprint density at radius 2 is 1.10 bits per heavy atom. The smallest absolute Gasteiger partial charge is 0.306 e. The van der Waals surface area contributed by atoms with E-state index in [1.54, 1.807) is 0 Å². The Kier molecular flexibility index (Phi) is 22.0. The van der Waals surface area contributed by atoms with Gasteiger partial charge in [0.1, 0.15) is 0 Å². The number of carboxylic acid groups (broad SMARTS) is 1. The standard InChI is InChI=1S/C28H46O2/c1-3-5-6-7-8-9-10-11-12-13-14-15-16-17-18-19-20-21-22-23-24-26-27(25-4-2)28(29)30/h9-10,15-22,27H,3-8,11-14,23-26H2,1-2H3,(H,29,30). The van der Waals surface area contributed by atoms with E-state index in [4.69, 9.17) is 5.11 Å². The van der Waals surface area contributed by atoms with Gasteiger partial charge in [-0.25, -0.2) is 0 Å². The molecule has 0 aliphatic rings. The molecule has 0 aliphatic carbocycles. The van der Waals surface area contributed by atoms with Crippen molar-refractivity contribution in [3.63, 3.8) is 0 Å². The fourth-order valence-electron chi connectivity index (χ4n) is 3.28. The van der Waals surface area contributed by atoms with Crippen molar-refractivity contribution in [2.24, 2.45) is 5.92 Å². The van der Waals surface area contributed by atoms with Gasteiger partial charge in [-0.3, -0.25) is 4.79 Å². The van der Waals surface area contributed by atoms with Crippen molar-refractivity contribution in [2.45, 2.75) is 104 Å². The number of aliphatic carboxylic acids is 1. The van der Waals surface area contributed by atoms with Gasteiger partial charge in [-0.1, -0.05) is 100 Å². The molecular formula is C28H46O2. The number of carboxylic acids is 1. The largest absolute Gasteiger partial charge is 0.481 e. The first kappa shape index (κ1) is 28.2. The molecule has 0 fully saturated rings. The van der Waals surface area contributed by atoms with E-state index in [1.807, 2.05) is 31.2 Å². The first-order valence-electron chi connectivity index (χ1n) is 12.2. The summed E-state index contributed by atoms with van der Waals surface area (Å²) in [6.45, 7) is 4.30. The van der Waals surface area contributed by atoms with E-state index in [1.165, 1.54) is 51.4 Å². The monoisotopic (exact) mass is 414 g/mol. The van der Waals surface area contributed by atoms with Gasteiger partial charge >= 0.3 is 5.97 Å². The minimum atomic E-state index is -0.649. The Balaban J connectivity index is 3.60.